The predicted octanol–water partition coefficient (Wildman–Crippen LogP) is 7.94. The third kappa shape index (κ3) is 10.8. The number of hydrogen-bond acceptors (Lipinski definition) is 8. The SMILES string of the molecule is CCCCC1(CCCC)CN(c2ccccc2)c2cc(SC)c(OCCC(=O)NC(C(=O)N[C@@H](C(=O)O)[C@@H](C)CC)c3ccccc3)cc2S(=O)(=O)C1. The molecule has 53 heavy (non-hydrogen) atoms. The number of amides is 2. The second kappa shape index (κ2) is 19.3. The van der Waals surface area contributed by atoms with Crippen LogP contribution in [0, 0.1) is 11.3 Å². The molecule has 0 radical (unpaired) electrons. The molecule has 4 rings (SSSR count). The quantitative estimate of drug-likeness (QED) is 0.104. The number of anilines is 2. The number of benzene rings is 3. The summed E-state index contributed by atoms with van der Waals surface area (Å²) < 4.78 is 35.0. The molecule has 1 heterocycles. The molecule has 0 fully saturated rings. The average Bonchev–Trinajstić information content (AvgIpc) is 3.25. The molecule has 3 N–H and O–H groups in total. The van der Waals surface area contributed by atoms with Crippen LogP contribution in [0.15, 0.2) is 82.6 Å². The van der Waals surface area contributed by atoms with Crippen LogP contribution in [-0.2, 0) is 24.2 Å². The molecule has 3 aromatic rings. The standard InChI is InChI=1S/C41H55N3O7S2/c1-6-9-22-41(23-10-7-2)27-44(31-19-15-12-16-20-31)32-25-34(52-5)33(26-35(32)53(49,50)28-41)51-24-21-36(45)42-38(30-17-13-11-14-18-30)39(46)43-37(40(47)48)29(4)8-3/h11-20,25-26,29,37-38H,6-10,21-24,27-28H2,1-5H3,(H,42,45)(H,43,46)(H,47,48)/t29-,37+,38?/m0/s1. The third-order valence-corrected chi connectivity index (χ3v) is 12.9. The lowest BCUT2D eigenvalue weighted by Gasteiger charge is -2.37. The summed E-state index contributed by atoms with van der Waals surface area (Å²) in [5.41, 5.74) is 1.62. The van der Waals surface area contributed by atoms with Crippen molar-refractivity contribution in [2.24, 2.45) is 11.3 Å². The first-order chi connectivity index (χ1) is 25.4. The Labute approximate surface area is 319 Å². The maximum Gasteiger partial charge on any atom is 0.326 e. The molecular formula is C41H55N3O7S2. The number of aliphatic carboxylic acids is 1. The van der Waals surface area contributed by atoms with Crippen LogP contribution in [-0.4, -0.2) is 62.5 Å². The molecule has 1 aliphatic heterocycles. The number of carbonyl (C=O) groups is 3. The molecule has 288 valence electrons. The molecule has 12 heteroatoms. The monoisotopic (exact) mass is 765 g/mol. The highest BCUT2D eigenvalue weighted by Crippen LogP contribution is 2.47. The average molecular weight is 766 g/mol. The first-order valence-corrected chi connectivity index (χ1v) is 21.5. The lowest BCUT2D eigenvalue weighted by atomic mass is 9.79. The van der Waals surface area contributed by atoms with E-state index in [-0.39, 0.29) is 29.6 Å². The molecule has 10 nitrogen and oxygen atoms in total. The summed E-state index contributed by atoms with van der Waals surface area (Å²) in [5, 5.41) is 15.1. The van der Waals surface area contributed by atoms with E-state index in [4.69, 9.17) is 4.74 Å². The molecule has 3 aromatic carbocycles. The highest BCUT2D eigenvalue weighted by molar-refractivity contribution is 7.98. The lowest BCUT2D eigenvalue weighted by molar-refractivity contribution is -0.143. The number of carbonyl (C=O) groups excluding carboxylic acids is 2. The summed E-state index contributed by atoms with van der Waals surface area (Å²) >= 11 is 1.43. The van der Waals surface area contributed by atoms with Gasteiger partial charge in [0.2, 0.25) is 11.8 Å². The Morgan fingerprint density at radius 2 is 1.57 bits per heavy atom. The normalized spacial score (nSPS) is 16.4. The number of carboxylic acid groups (broad SMARTS) is 1. The van der Waals surface area contributed by atoms with Gasteiger partial charge in [-0.1, -0.05) is 108 Å². The minimum absolute atomic E-state index is 0.0412. The second-order valence-corrected chi connectivity index (χ2v) is 16.9. The van der Waals surface area contributed by atoms with Crippen molar-refractivity contribution in [3.63, 3.8) is 0 Å². The van der Waals surface area contributed by atoms with Crippen LogP contribution in [0.25, 0.3) is 0 Å². The van der Waals surface area contributed by atoms with Gasteiger partial charge in [0.15, 0.2) is 9.84 Å². The fourth-order valence-electron chi connectivity index (χ4n) is 6.93. The van der Waals surface area contributed by atoms with Crippen molar-refractivity contribution in [2.75, 3.05) is 30.1 Å². The van der Waals surface area contributed by atoms with E-state index in [1.165, 1.54) is 11.8 Å². The van der Waals surface area contributed by atoms with E-state index >= 15 is 0 Å². The molecule has 3 atom stereocenters. The summed E-state index contributed by atoms with van der Waals surface area (Å²) in [4.78, 5) is 41.8. The Balaban J connectivity index is 1.61. The van der Waals surface area contributed by atoms with Crippen LogP contribution in [0.2, 0.25) is 0 Å². The molecule has 0 saturated heterocycles. The zero-order valence-corrected chi connectivity index (χ0v) is 33.2. The van der Waals surface area contributed by atoms with Crippen LogP contribution < -0.4 is 20.3 Å². The fraction of sp³-hybridized carbons (Fsp3) is 0.488. The molecule has 2 amide bonds. The number of rotatable bonds is 19. The van der Waals surface area contributed by atoms with E-state index in [0.717, 1.165) is 49.1 Å². The molecule has 1 aliphatic rings. The van der Waals surface area contributed by atoms with Gasteiger partial charge in [0.1, 0.15) is 17.8 Å². The third-order valence-electron chi connectivity index (χ3n) is 10.1. The number of hydrogen-bond donors (Lipinski definition) is 3. The molecule has 0 aromatic heterocycles. The van der Waals surface area contributed by atoms with Crippen LogP contribution in [0.4, 0.5) is 11.4 Å². The highest BCUT2D eigenvalue weighted by atomic mass is 32.2. The molecule has 0 bridgehead atoms. The number of sulfone groups is 1. The number of carboxylic acids is 1. The van der Waals surface area contributed by atoms with Gasteiger partial charge < -0.3 is 25.4 Å². The minimum Gasteiger partial charge on any atom is -0.492 e. The molecule has 1 unspecified atom stereocenters. The number of nitrogens with one attached hydrogen (secondary N) is 2. The van der Waals surface area contributed by atoms with Crippen molar-refractivity contribution in [2.45, 2.75) is 101 Å². The predicted molar refractivity (Wildman–Crippen MR) is 212 cm³/mol. The maximum atomic E-state index is 14.4. The van der Waals surface area contributed by atoms with Gasteiger partial charge in [0.25, 0.3) is 0 Å². The van der Waals surface area contributed by atoms with Crippen molar-refractivity contribution >= 4 is 50.8 Å². The largest absolute Gasteiger partial charge is 0.492 e. The maximum absolute atomic E-state index is 14.4. The Morgan fingerprint density at radius 3 is 2.13 bits per heavy atom. The molecule has 0 spiro atoms. The molecule has 0 aliphatic carbocycles. The van der Waals surface area contributed by atoms with Gasteiger partial charge in [0.05, 0.1) is 34.3 Å². The van der Waals surface area contributed by atoms with E-state index in [0.29, 0.717) is 30.0 Å². The van der Waals surface area contributed by atoms with Crippen LogP contribution >= 0.6 is 11.8 Å². The van der Waals surface area contributed by atoms with Crippen molar-refractivity contribution in [1.29, 1.82) is 0 Å². The van der Waals surface area contributed by atoms with E-state index in [2.05, 4.69) is 29.4 Å². The summed E-state index contributed by atoms with van der Waals surface area (Å²) in [6.07, 6.45) is 7.77. The highest BCUT2D eigenvalue weighted by Gasteiger charge is 2.42. The summed E-state index contributed by atoms with van der Waals surface area (Å²) in [6.45, 7) is 8.37. The fourth-order valence-corrected chi connectivity index (χ4v) is 9.60. The summed E-state index contributed by atoms with van der Waals surface area (Å²) in [6, 6.07) is 19.8. The van der Waals surface area contributed by atoms with Crippen molar-refractivity contribution < 1.29 is 32.6 Å². The van der Waals surface area contributed by atoms with Crippen molar-refractivity contribution in [3.05, 3.63) is 78.4 Å². The van der Waals surface area contributed by atoms with E-state index in [1.54, 1.807) is 43.3 Å². The van der Waals surface area contributed by atoms with Gasteiger partial charge >= 0.3 is 5.97 Å². The van der Waals surface area contributed by atoms with Gasteiger partial charge in [-0.15, -0.1) is 11.8 Å². The van der Waals surface area contributed by atoms with E-state index < -0.39 is 45.1 Å². The van der Waals surface area contributed by atoms with Crippen molar-refractivity contribution in [3.8, 4) is 5.75 Å². The Hall–Kier alpha value is -4.03. The second-order valence-electron chi connectivity index (χ2n) is 14.1. The number of ether oxygens (including phenoxy) is 1. The Bertz CT molecular complexity index is 1780. The smallest absolute Gasteiger partial charge is 0.326 e. The zero-order chi connectivity index (χ0) is 38.6. The number of thioether (sulfide) groups is 1. The van der Waals surface area contributed by atoms with E-state index in [1.807, 2.05) is 49.6 Å². The number of nitrogens with zero attached hydrogens (tertiary/aromatic N) is 1. The van der Waals surface area contributed by atoms with Crippen LogP contribution in [0.5, 0.6) is 5.75 Å². The first-order valence-electron chi connectivity index (χ1n) is 18.7. The topological polar surface area (TPSA) is 142 Å². The number of unbranched alkanes of at least 4 members (excludes halogenated alkanes) is 2. The van der Waals surface area contributed by atoms with E-state index in [9.17, 15) is 27.9 Å². The van der Waals surface area contributed by atoms with Gasteiger partial charge in [-0.3, -0.25) is 9.59 Å². The van der Waals surface area contributed by atoms with Gasteiger partial charge in [-0.2, -0.15) is 0 Å². The van der Waals surface area contributed by atoms with Crippen LogP contribution in [0.3, 0.4) is 0 Å². The van der Waals surface area contributed by atoms with Crippen molar-refractivity contribution in [1.82, 2.24) is 10.6 Å². The zero-order valence-electron chi connectivity index (χ0n) is 31.6. The Morgan fingerprint density at radius 1 is 0.943 bits per heavy atom. The lowest BCUT2D eigenvalue weighted by Crippen LogP contribution is -2.49. The number of para-hydroxylation sites is 1. The first kappa shape index (κ1) is 41.7. The molecule has 0 saturated carbocycles. The molecular weight excluding hydrogens is 711 g/mol. The summed E-state index contributed by atoms with van der Waals surface area (Å²) in [5.74, 6) is -2.17. The Kier molecular flexibility index (Phi) is 15.2. The van der Waals surface area contributed by atoms with Gasteiger partial charge in [-0.05, 0) is 48.8 Å². The van der Waals surface area contributed by atoms with Crippen LogP contribution in [0.1, 0.15) is 90.7 Å². The van der Waals surface area contributed by atoms with Gasteiger partial charge in [-0.25, -0.2) is 13.2 Å². The van der Waals surface area contributed by atoms with Gasteiger partial charge in [0, 0.05) is 23.7 Å². The number of fused-ring (bicyclic) bond motifs is 1. The minimum atomic E-state index is -3.75. The summed E-state index contributed by atoms with van der Waals surface area (Å²) in [7, 11) is -3.75.